The molecule has 3 unspecified atom stereocenters. The molecule has 0 saturated heterocycles. The molecule has 42 heteroatoms. The van der Waals surface area contributed by atoms with Crippen molar-refractivity contribution in [1.82, 2.24) is 0 Å². The van der Waals surface area contributed by atoms with E-state index in [0.29, 0.717) is 0 Å². The Hall–Kier alpha value is -20.9. The zero-order valence-corrected chi connectivity index (χ0v) is 64.2. The molecule has 124 heavy (non-hydrogen) atoms. The highest BCUT2D eigenvalue weighted by atomic mass is 16.4. The van der Waals surface area contributed by atoms with Crippen molar-refractivity contribution in [3.05, 3.63) is 0 Å². The summed E-state index contributed by atoms with van der Waals surface area (Å²) in [6.45, 7) is 0. The van der Waals surface area contributed by atoms with Gasteiger partial charge in [0.1, 0.15) is 103 Å². The van der Waals surface area contributed by atoms with E-state index in [1.807, 2.05) is 0 Å². The van der Waals surface area contributed by atoms with Crippen LogP contribution in [0.2, 0.25) is 0 Å². The first-order valence-corrected chi connectivity index (χ1v) is 34.1. The Bertz CT molecular complexity index is 5380. The number of hydrogen-bond donors (Lipinski definition) is 1. The van der Waals surface area contributed by atoms with E-state index < -0.39 is 250 Å². The van der Waals surface area contributed by atoms with Gasteiger partial charge in [-0.05, 0) is 0 Å². The fourth-order valence-electron chi connectivity index (χ4n) is 20.0. The molecule has 0 aromatic heterocycles. The average molecular weight is 1620 g/mol. The summed E-state index contributed by atoms with van der Waals surface area (Å²) in [7, 11) is 0. The maximum Gasteiger partial charge on any atom is 0.314 e. The lowest BCUT2D eigenvalue weighted by Crippen LogP contribution is -2.91. The van der Waals surface area contributed by atoms with Crippen LogP contribution in [-0.2, 0) is 4.79 Å². The van der Waals surface area contributed by atoms with Gasteiger partial charge < -0.3 is 5.11 Å². The van der Waals surface area contributed by atoms with Crippen LogP contribution in [0.5, 0.6) is 0 Å². The molecule has 0 amide bonds. The number of carboxylic acid groups (broad SMARTS) is 1. The lowest BCUT2D eigenvalue weighted by Gasteiger charge is -2.80. The van der Waals surface area contributed by atoms with Crippen LogP contribution >= 0.6 is 0 Å². The van der Waals surface area contributed by atoms with Gasteiger partial charge in [0.25, 0.3) is 0 Å². The molecule has 0 aliphatic heterocycles. The lowest BCUT2D eigenvalue weighted by molar-refractivity contribution is -0.361. The highest BCUT2D eigenvalue weighted by Crippen LogP contribution is 2.96. The molecule has 0 aromatic rings. The standard InChI is InChI=1S/C82H44N40O2/c83-22-1-62(43-104)74(54-115,64(44-105,2-23-84)3-24-85)79(59-120,73(53-114,20-41-102)21-42-103)82(63(123)124,80(60-121,75(55-116,65(45-106,4-25-86)5-26-87)66(46-107,6-27-88)7-28-89)76(56-117,67(47-108,8-29-90)9-30-91)68(48-109,10-31-92)11-32-93)81(61-122,77(57-118,69(49-110,12-33-94)13-34-95)70(50-111,14-35-96)15-36-97)78(58-119,71(51-112,16-37-98)17-38-99)72(52-113,18-39-100)19-40-101/h62H,1-21H2,(H,123,124). The third-order valence-corrected chi connectivity index (χ3v) is 24.1. The average Bonchev–Trinajstić information content (AvgIpc) is 0.595. The zero-order valence-electron chi connectivity index (χ0n) is 64.2. The van der Waals surface area contributed by atoms with Crippen LogP contribution in [0.3, 0.4) is 0 Å². The normalized spacial score (nSPS) is 12.4. The van der Waals surface area contributed by atoms with Crippen LogP contribution in [-0.4, -0.2) is 11.1 Å². The van der Waals surface area contributed by atoms with Gasteiger partial charge in [-0.3, -0.25) is 4.79 Å². The first-order valence-electron chi connectivity index (χ1n) is 34.1. The molecule has 1 N–H and O–H groups in total. The number of aliphatic carboxylic acids is 1. The quantitative estimate of drug-likeness (QED) is 0.0598. The molecular weight excluding hydrogens is 1580 g/mol. The van der Waals surface area contributed by atoms with Crippen LogP contribution < -0.4 is 0 Å². The number of nitriles is 40. The Kier molecular flexibility index (Phi) is 33.8. The second-order valence-electron chi connectivity index (χ2n) is 27.7. The fraction of sp³-hybridized carbons (Fsp3) is 0.500. The smallest absolute Gasteiger partial charge is 0.314 e. The van der Waals surface area contributed by atoms with E-state index in [4.69, 9.17) is 0 Å². The van der Waals surface area contributed by atoms with Gasteiger partial charge in [-0.1, -0.05) is 0 Å². The SMILES string of the molecule is N#CCC(C#N)C(C#N)(C(C#N)(CC#N)CC#N)C(C#N)(C(C#N)(CC#N)CC#N)C(C(=O)O)(C(C#N)(C(C#N)(C(C#N)(CC#N)CC#N)C(C#N)(CC#N)CC#N)C(C#N)(C(C#N)(CC#N)CC#N)C(C#N)(CC#N)CC#N)C(C#N)(C(C#N)(C(C#N)(CC#N)CC#N)C(C#N)(CC#N)CC#N)C(C#N)(C(C#N)(CC#N)CC#N)C(C#N)(CC#N)CC#N. The largest absolute Gasteiger partial charge is 0.481 e. The van der Waals surface area contributed by atoms with Crippen molar-refractivity contribution in [2.45, 2.75) is 135 Å². The van der Waals surface area contributed by atoms with Gasteiger partial charge in [0.2, 0.25) is 0 Å². The van der Waals surface area contributed by atoms with Crippen LogP contribution in [0.15, 0.2) is 0 Å². The Morgan fingerprint density at radius 3 is 0.411 bits per heavy atom. The number of rotatable bonds is 41. The van der Waals surface area contributed by atoms with Crippen molar-refractivity contribution < 1.29 is 9.90 Å². The minimum atomic E-state index is -7.85. The highest BCUT2D eigenvalue weighted by molar-refractivity contribution is 5.87. The maximum absolute atomic E-state index is 19.9. The number of hydrogen-bond acceptors (Lipinski definition) is 41. The molecule has 0 heterocycles. The van der Waals surface area contributed by atoms with Gasteiger partial charge in [0.05, 0.1) is 384 Å². The first kappa shape index (κ1) is 103. The van der Waals surface area contributed by atoms with E-state index in [-0.39, 0.29) is 0 Å². The van der Waals surface area contributed by atoms with Gasteiger partial charge in [0.15, 0.2) is 0 Å². The van der Waals surface area contributed by atoms with Crippen molar-refractivity contribution in [3.8, 4) is 243 Å². The molecule has 584 valence electrons. The molecule has 42 nitrogen and oxygen atoms in total. The Balaban J connectivity index is 19.9. The van der Waals surface area contributed by atoms with Crippen LogP contribution in [0.25, 0.3) is 0 Å². The number of nitrogens with zero attached hydrogens (tertiary/aromatic N) is 40. The van der Waals surface area contributed by atoms with Gasteiger partial charge in [-0.25, -0.2) is 0 Å². The summed E-state index contributed by atoms with van der Waals surface area (Å²) < 4.78 is 0. The van der Waals surface area contributed by atoms with E-state index in [0.717, 1.165) is 225 Å². The molecular formula is C82H44N40O2. The number of carbonyl (C=O) groups is 1. The molecule has 3 atom stereocenters. The van der Waals surface area contributed by atoms with Gasteiger partial charge in [-0.15, -0.1) is 0 Å². The van der Waals surface area contributed by atoms with E-state index >= 15 is 20.4 Å². The third-order valence-electron chi connectivity index (χ3n) is 24.1. The Labute approximate surface area is 709 Å². The monoisotopic (exact) mass is 1620 g/mol. The summed E-state index contributed by atoms with van der Waals surface area (Å²) >= 11 is 0. The van der Waals surface area contributed by atoms with Crippen molar-refractivity contribution >= 4 is 5.97 Å². The minimum Gasteiger partial charge on any atom is -0.481 e. The lowest BCUT2D eigenvalue weighted by atomic mass is 9.11. The van der Waals surface area contributed by atoms with Crippen molar-refractivity contribution in [2.75, 3.05) is 0 Å². The predicted octanol–water partition coefficient (Wildman–Crippen LogP) is 8.56. The molecule has 0 fully saturated rings. The molecule has 0 radical (unpaired) electrons. The summed E-state index contributed by atoms with van der Waals surface area (Å²) in [5.41, 5.74) is -113. The molecule has 0 bridgehead atoms. The molecule has 0 aliphatic carbocycles. The molecule has 0 aromatic carbocycles. The summed E-state index contributed by atoms with van der Waals surface area (Å²) in [5, 5.41) is 526. The van der Waals surface area contributed by atoms with Crippen molar-refractivity contribution in [3.63, 3.8) is 0 Å². The summed E-state index contributed by atoms with van der Waals surface area (Å²) in [6.07, 6.45) is -57.1. The van der Waals surface area contributed by atoms with Crippen molar-refractivity contribution in [2.24, 2.45) is 109 Å². The van der Waals surface area contributed by atoms with E-state index in [1.54, 1.807) is 0 Å². The van der Waals surface area contributed by atoms with Crippen LogP contribution in [0.1, 0.15) is 135 Å². The van der Waals surface area contributed by atoms with Crippen molar-refractivity contribution in [1.29, 1.82) is 210 Å². The molecule has 0 aliphatic rings. The van der Waals surface area contributed by atoms with Crippen LogP contribution in [0, 0.1) is 562 Å². The van der Waals surface area contributed by atoms with Gasteiger partial charge in [-0.2, -0.15) is 210 Å². The zero-order chi connectivity index (χ0) is 95.8. The fourth-order valence-corrected chi connectivity index (χ4v) is 20.0. The van der Waals surface area contributed by atoms with Gasteiger partial charge >= 0.3 is 5.97 Å². The number of carboxylic acids is 1. The molecule has 0 saturated carbocycles. The van der Waals surface area contributed by atoms with E-state index in [2.05, 4.69) is 0 Å². The second-order valence-corrected chi connectivity index (χ2v) is 27.7. The third kappa shape index (κ3) is 11.9. The Morgan fingerprint density at radius 1 is 0.177 bits per heavy atom. The van der Waals surface area contributed by atoms with Crippen LogP contribution in [0.4, 0.5) is 0 Å². The van der Waals surface area contributed by atoms with E-state index in [9.17, 15) is 200 Å². The first-order chi connectivity index (χ1) is 59.3. The second kappa shape index (κ2) is 40.7. The topological polar surface area (TPSA) is 989 Å². The highest BCUT2D eigenvalue weighted by Gasteiger charge is 3.07. The summed E-state index contributed by atoms with van der Waals surface area (Å²) in [5.74, 6) is -8.82. The predicted molar refractivity (Wildman–Crippen MR) is 379 cm³/mol. The molecule has 0 spiro atoms. The minimum absolute atomic E-state index is 0.928. The summed E-state index contributed by atoms with van der Waals surface area (Å²) in [6, 6.07) is 44.2. The van der Waals surface area contributed by atoms with E-state index in [1.165, 1.54) is 18.2 Å². The molecule has 0 rings (SSSR count). The van der Waals surface area contributed by atoms with Gasteiger partial charge in [0, 0.05) is 0 Å². The maximum atomic E-state index is 19.9. The Morgan fingerprint density at radius 2 is 0.315 bits per heavy atom. The summed E-state index contributed by atoms with van der Waals surface area (Å²) in [4.78, 5) is 19.9.